The summed E-state index contributed by atoms with van der Waals surface area (Å²) >= 11 is 0. The predicted molar refractivity (Wildman–Crippen MR) is 148 cm³/mol. The number of aromatic nitrogens is 1. The number of hydrogen-bond donors (Lipinski definition) is 1. The van der Waals surface area contributed by atoms with E-state index in [0.29, 0.717) is 28.6 Å². The van der Waals surface area contributed by atoms with Gasteiger partial charge in [0.1, 0.15) is 18.1 Å². The Hall–Kier alpha value is -4.99. The van der Waals surface area contributed by atoms with E-state index in [4.69, 9.17) is 23.4 Å². The van der Waals surface area contributed by atoms with Crippen LogP contribution in [-0.4, -0.2) is 43.0 Å². The van der Waals surface area contributed by atoms with Crippen LogP contribution in [-0.2, 0) is 16.1 Å². The fourth-order valence-corrected chi connectivity index (χ4v) is 4.00. The zero-order valence-electron chi connectivity index (χ0n) is 22.8. The Morgan fingerprint density at radius 3 is 2.42 bits per heavy atom. The number of carbonyl (C=O) groups excluding carboxylic acids is 2. The van der Waals surface area contributed by atoms with Gasteiger partial charge < -0.3 is 27.9 Å². The number of nitrogens with one attached hydrogen (secondary N) is 1. The molecule has 0 atom stereocenters. The number of hydrazone groups is 1. The molecule has 10 heteroatoms. The second-order valence-electron chi connectivity index (χ2n) is 8.67. The molecule has 0 fully saturated rings. The zero-order valence-corrected chi connectivity index (χ0v) is 22.8. The number of rotatable bonds is 12. The van der Waals surface area contributed by atoms with Crippen molar-refractivity contribution in [3.8, 4) is 22.9 Å². The fourth-order valence-electron chi connectivity index (χ4n) is 4.00. The zero-order chi connectivity index (χ0) is 28.5. The van der Waals surface area contributed by atoms with E-state index in [2.05, 4.69) is 41.1 Å². The van der Waals surface area contributed by atoms with E-state index in [-0.39, 0.29) is 25.6 Å². The van der Waals surface area contributed by atoms with Gasteiger partial charge in [0.15, 0.2) is 23.9 Å². The number of nitrogens with zero attached hydrogens (tertiary/aromatic N) is 2. The van der Waals surface area contributed by atoms with E-state index in [9.17, 15) is 9.59 Å². The molecule has 2 aromatic heterocycles. The minimum atomic E-state index is -0.541. The van der Waals surface area contributed by atoms with E-state index in [1.807, 2.05) is 24.3 Å². The van der Waals surface area contributed by atoms with Gasteiger partial charge in [-0.05, 0) is 81.4 Å². The summed E-state index contributed by atoms with van der Waals surface area (Å²) in [6.07, 6.45) is 1.38. The third-order valence-corrected chi connectivity index (χ3v) is 5.87. The van der Waals surface area contributed by atoms with Gasteiger partial charge in [-0.15, -0.1) is 0 Å². The number of amides is 1. The topological polar surface area (TPSA) is 114 Å². The third-order valence-electron chi connectivity index (χ3n) is 5.87. The molecule has 0 unspecified atom stereocenters. The molecule has 0 radical (unpaired) electrons. The van der Waals surface area contributed by atoms with Crippen LogP contribution in [0.4, 0.5) is 0 Å². The summed E-state index contributed by atoms with van der Waals surface area (Å²) in [5.41, 5.74) is 6.27. The number of esters is 1. The monoisotopic (exact) mass is 545 g/mol. The molecule has 2 heterocycles. The highest BCUT2D eigenvalue weighted by atomic mass is 16.6. The first-order chi connectivity index (χ1) is 19.4. The first-order valence-electron chi connectivity index (χ1n) is 12.6. The third kappa shape index (κ3) is 6.90. The maximum absolute atomic E-state index is 12.5. The number of furan rings is 1. The molecule has 0 saturated carbocycles. The van der Waals surface area contributed by atoms with Gasteiger partial charge in [0, 0.05) is 22.6 Å². The van der Waals surface area contributed by atoms with Crippen LogP contribution in [0.3, 0.4) is 0 Å². The molecular weight excluding hydrogens is 514 g/mol. The summed E-state index contributed by atoms with van der Waals surface area (Å²) in [5.74, 6) is 0.881. The van der Waals surface area contributed by atoms with Crippen LogP contribution >= 0.6 is 0 Å². The lowest BCUT2D eigenvalue weighted by atomic mass is 10.2. The molecule has 0 aliphatic heterocycles. The number of benzene rings is 2. The van der Waals surface area contributed by atoms with Gasteiger partial charge >= 0.3 is 11.9 Å². The number of hydrogen-bond acceptors (Lipinski definition) is 8. The highest BCUT2D eigenvalue weighted by molar-refractivity contribution is 5.93. The van der Waals surface area contributed by atoms with Crippen LogP contribution in [0.5, 0.6) is 17.2 Å². The summed E-state index contributed by atoms with van der Waals surface area (Å²) in [5, 5.41) is 3.99. The van der Waals surface area contributed by atoms with Gasteiger partial charge in [0.25, 0.3) is 0 Å². The molecule has 4 aromatic rings. The fraction of sp³-hybridized carbons (Fsp3) is 0.233. The summed E-state index contributed by atoms with van der Waals surface area (Å²) in [6.45, 7) is 5.94. The van der Waals surface area contributed by atoms with Crippen molar-refractivity contribution >= 4 is 18.1 Å². The molecule has 208 valence electrons. The van der Waals surface area contributed by atoms with Gasteiger partial charge in [0.2, 0.25) is 0 Å². The van der Waals surface area contributed by atoms with E-state index < -0.39 is 11.9 Å². The number of ether oxygens (including phenoxy) is 4. The lowest BCUT2D eigenvalue weighted by molar-refractivity contribution is -0.145. The lowest BCUT2D eigenvalue weighted by Gasteiger charge is -2.12. The number of para-hydroxylation sites is 1. The van der Waals surface area contributed by atoms with Crippen molar-refractivity contribution in [2.75, 3.05) is 20.3 Å². The minimum absolute atomic E-state index is 0.0779. The number of methoxy groups -OCH3 is 1. The number of carbonyl (C=O) groups is 2. The van der Waals surface area contributed by atoms with E-state index in [0.717, 1.165) is 17.1 Å². The van der Waals surface area contributed by atoms with E-state index in [1.165, 1.54) is 13.3 Å². The first-order valence-corrected chi connectivity index (χ1v) is 12.6. The summed E-state index contributed by atoms with van der Waals surface area (Å²) in [7, 11) is 1.48. The Bertz CT molecular complexity index is 1470. The summed E-state index contributed by atoms with van der Waals surface area (Å²) in [6, 6.07) is 20.2. The van der Waals surface area contributed by atoms with Crippen molar-refractivity contribution in [1.29, 1.82) is 0 Å². The predicted octanol–water partition coefficient (Wildman–Crippen LogP) is 4.98. The van der Waals surface area contributed by atoms with Gasteiger partial charge in [-0.3, -0.25) is 4.79 Å². The quantitative estimate of drug-likeness (QED) is 0.152. The SMILES string of the molecule is CCOC(=O)COc1c(C=NNC(=O)c2ccc(COc3ccc(-n4c(C)ccc4C)cc3)o2)cccc1OC. The largest absolute Gasteiger partial charge is 0.493 e. The normalized spacial score (nSPS) is 10.9. The standard InChI is InChI=1S/C30H31N3O7/c1-5-37-28(34)19-39-29-22(7-6-8-26(29)36-4)17-31-32-30(35)27-16-15-25(40-27)18-38-24-13-11-23(12-14-24)33-20(2)9-10-21(33)3/h6-17H,5,18-19H2,1-4H3,(H,32,35). The maximum Gasteiger partial charge on any atom is 0.344 e. The molecule has 4 rings (SSSR count). The highest BCUT2D eigenvalue weighted by Gasteiger charge is 2.14. The van der Waals surface area contributed by atoms with Gasteiger partial charge in [-0.25, -0.2) is 10.2 Å². The van der Waals surface area contributed by atoms with E-state index in [1.54, 1.807) is 37.3 Å². The van der Waals surface area contributed by atoms with Crippen LogP contribution in [0, 0.1) is 13.8 Å². The molecule has 0 bridgehead atoms. The average Bonchev–Trinajstić information content (AvgIpc) is 3.57. The molecule has 40 heavy (non-hydrogen) atoms. The minimum Gasteiger partial charge on any atom is -0.493 e. The van der Waals surface area contributed by atoms with Crippen LogP contribution in [0.2, 0.25) is 0 Å². The summed E-state index contributed by atoms with van der Waals surface area (Å²) in [4.78, 5) is 24.2. The second kappa shape index (κ2) is 13.2. The van der Waals surface area contributed by atoms with Crippen molar-refractivity contribution < 1.29 is 33.0 Å². The molecule has 0 aliphatic carbocycles. The van der Waals surface area contributed by atoms with Crippen LogP contribution < -0.4 is 19.6 Å². The van der Waals surface area contributed by atoms with Gasteiger partial charge in [-0.2, -0.15) is 5.10 Å². The van der Waals surface area contributed by atoms with E-state index >= 15 is 0 Å². The Kier molecular flexibility index (Phi) is 9.24. The van der Waals surface area contributed by atoms with Crippen LogP contribution in [0.25, 0.3) is 5.69 Å². The Morgan fingerprint density at radius 1 is 0.975 bits per heavy atom. The van der Waals surface area contributed by atoms with Crippen LogP contribution in [0.15, 0.2) is 76.2 Å². The molecule has 1 N–H and O–H groups in total. The van der Waals surface area contributed by atoms with Gasteiger partial charge in [0.05, 0.1) is 19.9 Å². The molecule has 1 amide bonds. The Morgan fingerprint density at radius 2 is 1.73 bits per heavy atom. The molecule has 0 aliphatic rings. The lowest BCUT2D eigenvalue weighted by Crippen LogP contribution is -2.17. The Labute approximate surface area is 232 Å². The maximum atomic E-state index is 12.5. The molecule has 2 aromatic carbocycles. The molecule has 10 nitrogen and oxygen atoms in total. The molecular formula is C30H31N3O7. The Balaban J connectivity index is 1.33. The van der Waals surface area contributed by atoms with Crippen LogP contribution in [0.1, 0.15) is 40.2 Å². The van der Waals surface area contributed by atoms with Crippen molar-refractivity contribution in [1.82, 2.24) is 9.99 Å². The number of aryl methyl sites for hydroxylation is 2. The highest BCUT2D eigenvalue weighted by Crippen LogP contribution is 2.30. The smallest absolute Gasteiger partial charge is 0.344 e. The van der Waals surface area contributed by atoms with Crippen molar-refractivity contribution in [3.63, 3.8) is 0 Å². The van der Waals surface area contributed by atoms with Gasteiger partial charge in [-0.1, -0.05) is 6.07 Å². The molecule has 0 saturated heterocycles. The van der Waals surface area contributed by atoms with Crippen molar-refractivity contribution in [3.05, 3.63) is 95.2 Å². The average molecular weight is 546 g/mol. The van der Waals surface area contributed by atoms with Crippen molar-refractivity contribution in [2.24, 2.45) is 5.10 Å². The first kappa shape index (κ1) is 28.0. The summed E-state index contributed by atoms with van der Waals surface area (Å²) < 4.78 is 29.4. The molecule has 0 spiro atoms. The second-order valence-corrected chi connectivity index (χ2v) is 8.67. The van der Waals surface area contributed by atoms with Crippen molar-refractivity contribution in [2.45, 2.75) is 27.4 Å².